The molecule has 27 heavy (non-hydrogen) atoms. The number of nitrogens with zero attached hydrogens (tertiary/aromatic N) is 2. The summed E-state index contributed by atoms with van der Waals surface area (Å²) in [5.41, 5.74) is 0.969. The van der Waals surface area contributed by atoms with Crippen molar-refractivity contribution < 1.29 is 18.9 Å². The van der Waals surface area contributed by atoms with Gasteiger partial charge in [-0.25, -0.2) is 4.98 Å². The van der Waals surface area contributed by atoms with E-state index in [1.165, 1.54) is 0 Å². The molecule has 2 rings (SSSR count). The van der Waals surface area contributed by atoms with Crippen molar-refractivity contribution in [3.8, 4) is 5.88 Å². The summed E-state index contributed by atoms with van der Waals surface area (Å²) in [4.78, 5) is 8.52. The molecule has 0 bridgehead atoms. The zero-order valence-electron chi connectivity index (χ0n) is 16.4. The Bertz CT molecular complexity index is 550. The van der Waals surface area contributed by atoms with Crippen LogP contribution in [0.1, 0.15) is 24.8 Å². The Morgan fingerprint density at radius 2 is 2.26 bits per heavy atom. The van der Waals surface area contributed by atoms with Gasteiger partial charge in [0.2, 0.25) is 5.88 Å². The molecule has 1 fully saturated rings. The first-order valence-corrected chi connectivity index (χ1v) is 9.53. The largest absolute Gasteiger partial charge is 0.475 e. The second-order valence-electron chi connectivity index (χ2n) is 6.22. The zero-order valence-corrected chi connectivity index (χ0v) is 16.4. The first-order chi connectivity index (χ1) is 13.3. The fraction of sp³-hybridized carbons (Fsp3) is 0.684. The molecule has 2 N–H and O–H groups in total. The molecule has 0 spiro atoms. The summed E-state index contributed by atoms with van der Waals surface area (Å²) < 4.78 is 21.9. The summed E-state index contributed by atoms with van der Waals surface area (Å²) in [5.74, 6) is 1.35. The van der Waals surface area contributed by atoms with Gasteiger partial charge in [-0.15, -0.1) is 0 Å². The molecule has 0 amide bonds. The second kappa shape index (κ2) is 13.3. The standard InChI is InChI=1S/C19H32N4O4/c1-20-19(22-9-5-10-25-15-17-7-4-11-26-17)23-14-16-6-3-8-21-18(16)27-13-12-24-2/h3,6,8,17H,4-5,7,9-15H2,1-2H3,(H2,20,22,23). The minimum absolute atomic E-state index is 0.284. The smallest absolute Gasteiger partial charge is 0.218 e. The van der Waals surface area contributed by atoms with Crippen LogP contribution < -0.4 is 15.4 Å². The average molecular weight is 380 g/mol. The molecule has 0 radical (unpaired) electrons. The van der Waals surface area contributed by atoms with Crippen molar-refractivity contribution >= 4 is 5.96 Å². The van der Waals surface area contributed by atoms with Gasteiger partial charge >= 0.3 is 0 Å². The highest BCUT2D eigenvalue weighted by atomic mass is 16.5. The maximum atomic E-state index is 5.66. The van der Waals surface area contributed by atoms with Crippen LogP contribution in [0.15, 0.2) is 23.3 Å². The Kier molecular flexibility index (Phi) is 10.5. The Morgan fingerprint density at radius 3 is 3.04 bits per heavy atom. The van der Waals surface area contributed by atoms with Gasteiger partial charge in [0.1, 0.15) is 6.61 Å². The van der Waals surface area contributed by atoms with Crippen molar-refractivity contribution in [1.29, 1.82) is 0 Å². The molecular formula is C19H32N4O4. The van der Waals surface area contributed by atoms with Crippen molar-refractivity contribution in [3.05, 3.63) is 23.9 Å². The quantitative estimate of drug-likeness (QED) is 0.322. The van der Waals surface area contributed by atoms with Crippen LogP contribution in [0.3, 0.4) is 0 Å². The number of hydrogen-bond donors (Lipinski definition) is 2. The first kappa shape index (κ1) is 21.4. The molecule has 1 aromatic rings. The Morgan fingerprint density at radius 1 is 1.33 bits per heavy atom. The topological polar surface area (TPSA) is 86.2 Å². The van der Waals surface area contributed by atoms with Crippen molar-refractivity contribution in [2.45, 2.75) is 31.9 Å². The van der Waals surface area contributed by atoms with Gasteiger partial charge in [0.15, 0.2) is 5.96 Å². The number of aliphatic imine (C=N–C) groups is 1. The van der Waals surface area contributed by atoms with Crippen LogP contribution in [0.25, 0.3) is 0 Å². The van der Waals surface area contributed by atoms with Gasteiger partial charge in [0, 0.05) is 52.2 Å². The molecule has 1 aliphatic rings. The number of pyridine rings is 1. The molecule has 0 aliphatic carbocycles. The maximum absolute atomic E-state index is 5.66. The van der Waals surface area contributed by atoms with E-state index in [1.807, 2.05) is 12.1 Å². The van der Waals surface area contributed by atoms with Gasteiger partial charge in [-0.1, -0.05) is 6.07 Å². The Hall–Kier alpha value is -1.90. The van der Waals surface area contributed by atoms with E-state index in [0.29, 0.717) is 38.9 Å². The monoisotopic (exact) mass is 380 g/mol. The normalized spacial score (nSPS) is 17.1. The molecule has 1 aliphatic heterocycles. The maximum Gasteiger partial charge on any atom is 0.218 e. The summed E-state index contributed by atoms with van der Waals surface area (Å²) in [7, 11) is 3.40. The van der Waals surface area contributed by atoms with E-state index in [2.05, 4.69) is 20.6 Å². The van der Waals surface area contributed by atoms with E-state index in [0.717, 1.165) is 43.9 Å². The Labute approximate surface area is 161 Å². The molecule has 0 saturated carbocycles. The lowest BCUT2D eigenvalue weighted by Gasteiger charge is -2.14. The minimum Gasteiger partial charge on any atom is -0.475 e. The fourth-order valence-electron chi connectivity index (χ4n) is 2.68. The number of nitrogens with one attached hydrogen (secondary N) is 2. The van der Waals surface area contributed by atoms with Crippen molar-refractivity contribution in [2.24, 2.45) is 4.99 Å². The van der Waals surface area contributed by atoms with Crippen molar-refractivity contribution in [1.82, 2.24) is 15.6 Å². The van der Waals surface area contributed by atoms with Crippen LogP contribution >= 0.6 is 0 Å². The van der Waals surface area contributed by atoms with E-state index in [4.69, 9.17) is 18.9 Å². The zero-order chi connectivity index (χ0) is 19.2. The van der Waals surface area contributed by atoms with Crippen LogP contribution in [0.4, 0.5) is 0 Å². The van der Waals surface area contributed by atoms with Crippen LogP contribution in [-0.4, -0.2) is 70.8 Å². The van der Waals surface area contributed by atoms with E-state index < -0.39 is 0 Å². The summed E-state index contributed by atoms with van der Waals surface area (Å²) in [6, 6.07) is 3.87. The fourth-order valence-corrected chi connectivity index (χ4v) is 2.68. The number of ether oxygens (including phenoxy) is 4. The van der Waals surface area contributed by atoms with Gasteiger partial charge in [0.05, 0.1) is 19.3 Å². The number of rotatable bonds is 12. The van der Waals surface area contributed by atoms with E-state index in [-0.39, 0.29) is 6.10 Å². The molecule has 8 heteroatoms. The van der Waals surface area contributed by atoms with Gasteiger partial charge in [-0.3, -0.25) is 4.99 Å². The molecular weight excluding hydrogens is 348 g/mol. The van der Waals surface area contributed by atoms with Gasteiger partial charge < -0.3 is 29.6 Å². The lowest BCUT2D eigenvalue weighted by Crippen LogP contribution is -2.37. The predicted octanol–water partition coefficient (Wildman–Crippen LogP) is 1.36. The lowest BCUT2D eigenvalue weighted by molar-refractivity contribution is 0.0168. The molecule has 1 saturated heterocycles. The molecule has 2 heterocycles. The third-order valence-corrected chi connectivity index (χ3v) is 4.13. The molecule has 0 aromatic carbocycles. The minimum atomic E-state index is 0.284. The van der Waals surface area contributed by atoms with Crippen molar-refractivity contribution in [3.63, 3.8) is 0 Å². The molecule has 152 valence electrons. The van der Waals surface area contributed by atoms with Crippen LogP contribution in [-0.2, 0) is 20.8 Å². The van der Waals surface area contributed by atoms with Crippen molar-refractivity contribution in [2.75, 3.05) is 53.7 Å². The molecule has 1 unspecified atom stereocenters. The van der Waals surface area contributed by atoms with Crippen LogP contribution in [0, 0.1) is 0 Å². The van der Waals surface area contributed by atoms with Gasteiger partial charge in [-0.05, 0) is 25.3 Å². The molecule has 1 aromatic heterocycles. The van der Waals surface area contributed by atoms with Gasteiger partial charge in [-0.2, -0.15) is 0 Å². The number of guanidine groups is 1. The number of hydrogen-bond acceptors (Lipinski definition) is 6. The molecule has 1 atom stereocenters. The van der Waals surface area contributed by atoms with Crippen LogP contribution in [0.2, 0.25) is 0 Å². The highest BCUT2D eigenvalue weighted by Crippen LogP contribution is 2.14. The average Bonchev–Trinajstić information content (AvgIpc) is 3.21. The van der Waals surface area contributed by atoms with E-state index in [9.17, 15) is 0 Å². The predicted molar refractivity (Wildman–Crippen MR) is 104 cm³/mol. The lowest BCUT2D eigenvalue weighted by atomic mass is 10.2. The van der Waals surface area contributed by atoms with Gasteiger partial charge in [0.25, 0.3) is 0 Å². The van der Waals surface area contributed by atoms with E-state index in [1.54, 1.807) is 20.4 Å². The Balaban J connectivity index is 1.62. The summed E-state index contributed by atoms with van der Waals surface area (Å²) in [6.07, 6.45) is 5.17. The van der Waals surface area contributed by atoms with E-state index >= 15 is 0 Å². The number of methoxy groups -OCH3 is 1. The third-order valence-electron chi connectivity index (χ3n) is 4.13. The third kappa shape index (κ3) is 8.55. The molecule has 8 nitrogen and oxygen atoms in total. The number of aromatic nitrogens is 1. The first-order valence-electron chi connectivity index (χ1n) is 9.53. The summed E-state index contributed by atoms with van der Waals surface area (Å²) in [5, 5.41) is 6.57. The van der Waals surface area contributed by atoms with Crippen LogP contribution in [0.5, 0.6) is 5.88 Å². The second-order valence-corrected chi connectivity index (χ2v) is 6.22. The highest BCUT2D eigenvalue weighted by molar-refractivity contribution is 5.79. The highest BCUT2D eigenvalue weighted by Gasteiger charge is 2.14. The SMILES string of the molecule is CN=C(NCCCOCC1CCCO1)NCc1cccnc1OCCOC. The summed E-state index contributed by atoms with van der Waals surface area (Å²) >= 11 is 0. The summed E-state index contributed by atoms with van der Waals surface area (Å²) in [6.45, 7) is 4.64.